The minimum absolute atomic E-state index is 0.305. The number of carbonyl (C=O) groups is 1. The van der Waals surface area contributed by atoms with Crippen LogP contribution in [0.4, 0.5) is 16.6 Å². The Kier molecular flexibility index (Phi) is 9.20. The SMILES string of the molecule is CCN(CC)CCCCNc1ncc2cc(-c3cc(C)cc(C)c3)c(NC(=O)NC(C)(C)C)nc2n1. The first-order chi connectivity index (χ1) is 17.1. The van der Waals surface area contributed by atoms with Crippen molar-refractivity contribution in [2.24, 2.45) is 0 Å². The summed E-state index contributed by atoms with van der Waals surface area (Å²) in [5.41, 5.74) is 4.28. The summed E-state index contributed by atoms with van der Waals surface area (Å²) in [5.74, 6) is 1.01. The quantitative estimate of drug-likeness (QED) is 0.312. The molecule has 0 aliphatic carbocycles. The van der Waals surface area contributed by atoms with E-state index in [9.17, 15) is 4.79 Å². The molecule has 0 fully saturated rings. The van der Waals surface area contributed by atoms with E-state index in [0.717, 1.165) is 66.7 Å². The molecule has 1 aromatic carbocycles. The van der Waals surface area contributed by atoms with Gasteiger partial charge in [-0.3, -0.25) is 5.32 Å². The highest BCUT2D eigenvalue weighted by Crippen LogP contribution is 2.31. The second-order valence-electron chi connectivity index (χ2n) is 10.4. The van der Waals surface area contributed by atoms with Crippen molar-refractivity contribution < 1.29 is 4.79 Å². The minimum Gasteiger partial charge on any atom is -0.354 e. The first kappa shape index (κ1) is 27.3. The summed E-state index contributed by atoms with van der Waals surface area (Å²) in [6, 6.07) is 8.01. The van der Waals surface area contributed by atoms with Crippen LogP contribution in [0.2, 0.25) is 0 Å². The zero-order chi connectivity index (χ0) is 26.3. The number of fused-ring (bicyclic) bond motifs is 1. The van der Waals surface area contributed by atoms with E-state index in [2.05, 4.69) is 76.7 Å². The molecule has 3 aromatic rings. The zero-order valence-electron chi connectivity index (χ0n) is 22.8. The molecule has 0 saturated carbocycles. The van der Waals surface area contributed by atoms with Crippen LogP contribution in [0.3, 0.4) is 0 Å². The number of carbonyl (C=O) groups excluding carboxylic acids is 1. The molecule has 0 atom stereocenters. The Hall–Kier alpha value is -3.26. The summed E-state index contributed by atoms with van der Waals surface area (Å²) >= 11 is 0. The van der Waals surface area contributed by atoms with Crippen molar-refractivity contribution in [3.63, 3.8) is 0 Å². The van der Waals surface area contributed by atoms with Gasteiger partial charge in [-0.1, -0.05) is 43.2 Å². The summed E-state index contributed by atoms with van der Waals surface area (Å²) in [6.07, 6.45) is 3.95. The van der Waals surface area contributed by atoms with E-state index in [1.54, 1.807) is 6.20 Å². The molecule has 0 saturated heterocycles. The third kappa shape index (κ3) is 7.88. The largest absolute Gasteiger partial charge is 0.354 e. The van der Waals surface area contributed by atoms with E-state index >= 15 is 0 Å². The minimum atomic E-state index is -0.369. The van der Waals surface area contributed by atoms with Crippen LogP contribution in [-0.4, -0.2) is 57.6 Å². The fourth-order valence-corrected chi connectivity index (χ4v) is 4.17. The summed E-state index contributed by atoms with van der Waals surface area (Å²) in [7, 11) is 0. The standard InChI is InChI=1S/C28H41N7O/c1-8-35(9-2)13-11-10-12-29-26-30-18-22-17-23(21-15-19(3)14-20(4)16-21)25(31-24(22)32-26)33-27(36)34-28(5,6)7/h14-18H,8-13H2,1-7H3,(H3,29,30,31,32,33,34,36). The van der Waals surface area contributed by atoms with Crippen LogP contribution >= 0.6 is 0 Å². The van der Waals surface area contributed by atoms with Crippen LogP contribution in [0.15, 0.2) is 30.5 Å². The summed E-state index contributed by atoms with van der Waals surface area (Å²) in [4.78, 5) is 29.1. The molecule has 0 aliphatic rings. The number of amides is 2. The maximum atomic E-state index is 12.7. The first-order valence-electron chi connectivity index (χ1n) is 12.9. The van der Waals surface area contributed by atoms with Gasteiger partial charge in [0.1, 0.15) is 5.82 Å². The molecule has 2 aromatic heterocycles. The van der Waals surface area contributed by atoms with Crippen LogP contribution < -0.4 is 16.0 Å². The number of rotatable bonds is 10. The van der Waals surface area contributed by atoms with Crippen molar-refractivity contribution in [2.45, 2.75) is 66.8 Å². The predicted octanol–water partition coefficient (Wildman–Crippen LogP) is 5.76. The summed E-state index contributed by atoms with van der Waals surface area (Å²) in [5, 5.41) is 10.0. The fourth-order valence-electron chi connectivity index (χ4n) is 4.17. The molecule has 2 amide bonds. The molecule has 0 aliphatic heterocycles. The molecule has 3 N–H and O–H groups in total. The van der Waals surface area contributed by atoms with Gasteiger partial charge in [-0.25, -0.2) is 14.8 Å². The lowest BCUT2D eigenvalue weighted by atomic mass is 10.0. The summed E-state index contributed by atoms with van der Waals surface area (Å²) < 4.78 is 0. The number of nitrogens with one attached hydrogen (secondary N) is 3. The molecule has 0 bridgehead atoms. The normalized spacial score (nSPS) is 11.7. The number of benzene rings is 1. The molecular formula is C28H41N7O. The number of hydrogen-bond acceptors (Lipinski definition) is 6. The third-order valence-corrected chi connectivity index (χ3v) is 5.90. The number of unbranched alkanes of at least 4 members (excludes halogenated alkanes) is 1. The Bertz CT molecular complexity index is 1160. The van der Waals surface area contributed by atoms with Crippen LogP contribution in [0.5, 0.6) is 0 Å². The highest BCUT2D eigenvalue weighted by Gasteiger charge is 2.18. The number of anilines is 2. The van der Waals surface area contributed by atoms with Gasteiger partial charge in [-0.05, 0) is 78.7 Å². The van der Waals surface area contributed by atoms with Crippen molar-refractivity contribution in [3.05, 3.63) is 41.6 Å². The smallest absolute Gasteiger partial charge is 0.320 e. The molecule has 8 nitrogen and oxygen atoms in total. The van der Waals surface area contributed by atoms with Gasteiger partial charge in [0.2, 0.25) is 5.95 Å². The molecule has 36 heavy (non-hydrogen) atoms. The van der Waals surface area contributed by atoms with Gasteiger partial charge < -0.3 is 15.5 Å². The van der Waals surface area contributed by atoms with Crippen LogP contribution in [0.25, 0.3) is 22.2 Å². The molecule has 0 radical (unpaired) electrons. The van der Waals surface area contributed by atoms with Gasteiger partial charge in [0, 0.05) is 29.2 Å². The number of nitrogens with zero attached hydrogens (tertiary/aromatic N) is 4. The monoisotopic (exact) mass is 491 g/mol. The molecule has 2 heterocycles. The lowest BCUT2D eigenvalue weighted by Gasteiger charge is -2.21. The number of aromatic nitrogens is 3. The Balaban J connectivity index is 1.86. The van der Waals surface area contributed by atoms with Crippen molar-refractivity contribution in [1.82, 2.24) is 25.2 Å². The van der Waals surface area contributed by atoms with Crippen LogP contribution in [0, 0.1) is 13.8 Å². The molecule has 0 spiro atoms. The van der Waals surface area contributed by atoms with E-state index in [0.29, 0.717) is 17.4 Å². The van der Waals surface area contributed by atoms with Gasteiger partial charge in [0.15, 0.2) is 5.65 Å². The van der Waals surface area contributed by atoms with E-state index < -0.39 is 0 Å². The van der Waals surface area contributed by atoms with Crippen LogP contribution in [-0.2, 0) is 0 Å². The van der Waals surface area contributed by atoms with Gasteiger partial charge in [-0.15, -0.1) is 0 Å². The number of pyridine rings is 1. The molecule has 8 heteroatoms. The number of aryl methyl sites for hydroxylation is 2. The van der Waals surface area contributed by atoms with E-state index in [-0.39, 0.29) is 11.6 Å². The summed E-state index contributed by atoms with van der Waals surface area (Å²) in [6.45, 7) is 18.4. The highest BCUT2D eigenvalue weighted by atomic mass is 16.2. The van der Waals surface area contributed by atoms with Gasteiger partial charge in [-0.2, -0.15) is 4.98 Å². The molecule has 3 rings (SSSR count). The highest BCUT2D eigenvalue weighted by molar-refractivity contribution is 5.96. The predicted molar refractivity (Wildman–Crippen MR) is 150 cm³/mol. The van der Waals surface area contributed by atoms with Gasteiger partial charge >= 0.3 is 6.03 Å². The van der Waals surface area contributed by atoms with Crippen molar-refractivity contribution >= 4 is 28.8 Å². The lowest BCUT2D eigenvalue weighted by Crippen LogP contribution is -2.43. The van der Waals surface area contributed by atoms with Crippen molar-refractivity contribution in [3.8, 4) is 11.1 Å². The Morgan fingerprint density at radius 1 is 0.972 bits per heavy atom. The molecule has 0 unspecified atom stereocenters. The van der Waals surface area contributed by atoms with Gasteiger partial charge in [0.05, 0.1) is 0 Å². The lowest BCUT2D eigenvalue weighted by molar-refractivity contribution is 0.243. The second-order valence-corrected chi connectivity index (χ2v) is 10.4. The van der Waals surface area contributed by atoms with Crippen LogP contribution in [0.1, 0.15) is 58.6 Å². The zero-order valence-corrected chi connectivity index (χ0v) is 22.8. The van der Waals surface area contributed by atoms with E-state index in [1.807, 2.05) is 26.8 Å². The molecule has 194 valence electrons. The topological polar surface area (TPSA) is 95.1 Å². The molecular weight excluding hydrogens is 450 g/mol. The fraction of sp³-hybridized carbons (Fsp3) is 0.500. The van der Waals surface area contributed by atoms with E-state index in [1.165, 1.54) is 0 Å². The van der Waals surface area contributed by atoms with E-state index in [4.69, 9.17) is 4.98 Å². The number of hydrogen-bond donors (Lipinski definition) is 3. The van der Waals surface area contributed by atoms with Gasteiger partial charge in [0.25, 0.3) is 0 Å². The first-order valence-corrected chi connectivity index (χ1v) is 12.9. The Morgan fingerprint density at radius 3 is 2.31 bits per heavy atom. The third-order valence-electron chi connectivity index (χ3n) is 5.90. The maximum Gasteiger partial charge on any atom is 0.320 e. The van der Waals surface area contributed by atoms with Crippen molar-refractivity contribution in [2.75, 3.05) is 36.8 Å². The average Bonchev–Trinajstić information content (AvgIpc) is 2.79. The Labute approximate surface area is 215 Å². The maximum absolute atomic E-state index is 12.7. The van der Waals surface area contributed by atoms with Crippen molar-refractivity contribution in [1.29, 1.82) is 0 Å². The Morgan fingerprint density at radius 2 is 1.67 bits per heavy atom. The number of urea groups is 1. The average molecular weight is 492 g/mol. The second kappa shape index (κ2) is 12.1.